The molecule has 1 atom stereocenters. The number of nitrogens with zero attached hydrogens (tertiary/aromatic N) is 1. The van der Waals surface area contributed by atoms with Crippen molar-refractivity contribution in [1.82, 2.24) is 4.31 Å². The Labute approximate surface area is 141 Å². The molecule has 1 aromatic carbocycles. The quantitative estimate of drug-likeness (QED) is 0.834. The Bertz CT molecular complexity index is 599. The molecule has 1 fully saturated rings. The summed E-state index contributed by atoms with van der Waals surface area (Å²) in [6, 6.07) is 5.30. The van der Waals surface area contributed by atoms with Crippen LogP contribution >= 0.6 is 28.3 Å². The van der Waals surface area contributed by atoms with Crippen molar-refractivity contribution in [3.63, 3.8) is 0 Å². The van der Waals surface area contributed by atoms with Crippen LogP contribution in [0.25, 0.3) is 0 Å². The van der Waals surface area contributed by atoms with E-state index in [4.69, 9.17) is 5.73 Å². The zero-order chi connectivity index (χ0) is 15.1. The molecule has 2 N–H and O–H groups in total. The maximum absolute atomic E-state index is 12.8. The van der Waals surface area contributed by atoms with E-state index >= 15 is 0 Å². The van der Waals surface area contributed by atoms with Crippen LogP contribution in [0, 0.1) is 12.3 Å². The molecule has 0 spiro atoms. The van der Waals surface area contributed by atoms with Gasteiger partial charge >= 0.3 is 0 Å². The summed E-state index contributed by atoms with van der Waals surface area (Å²) >= 11 is 3.36. The summed E-state index contributed by atoms with van der Waals surface area (Å²) in [5.74, 6) is 0. The van der Waals surface area contributed by atoms with Gasteiger partial charge < -0.3 is 5.73 Å². The number of rotatable bonds is 2. The second-order valence-electron chi connectivity index (χ2n) is 6.19. The third-order valence-corrected chi connectivity index (χ3v) is 6.21. The van der Waals surface area contributed by atoms with Gasteiger partial charge in [-0.3, -0.25) is 0 Å². The Morgan fingerprint density at radius 1 is 1.33 bits per heavy atom. The first-order valence-corrected chi connectivity index (χ1v) is 8.89. The lowest BCUT2D eigenvalue weighted by Crippen LogP contribution is -2.53. The largest absolute Gasteiger partial charge is 0.327 e. The normalized spacial score (nSPS) is 22.6. The Morgan fingerprint density at radius 3 is 2.48 bits per heavy atom. The molecule has 2 rings (SSSR count). The second kappa shape index (κ2) is 6.54. The summed E-state index contributed by atoms with van der Waals surface area (Å²) in [5.41, 5.74) is 6.80. The first-order valence-electron chi connectivity index (χ1n) is 6.66. The van der Waals surface area contributed by atoms with E-state index in [0.29, 0.717) is 24.4 Å². The van der Waals surface area contributed by atoms with Crippen molar-refractivity contribution in [2.24, 2.45) is 11.1 Å². The molecule has 0 aliphatic carbocycles. The van der Waals surface area contributed by atoms with E-state index in [9.17, 15) is 8.42 Å². The van der Waals surface area contributed by atoms with Crippen LogP contribution in [0.1, 0.15) is 25.8 Å². The predicted molar refractivity (Wildman–Crippen MR) is 91.3 cm³/mol. The van der Waals surface area contributed by atoms with E-state index in [1.807, 2.05) is 26.8 Å². The summed E-state index contributed by atoms with van der Waals surface area (Å²) in [4.78, 5) is 0.343. The van der Waals surface area contributed by atoms with Crippen LogP contribution in [-0.4, -0.2) is 31.9 Å². The Morgan fingerprint density at radius 2 is 1.95 bits per heavy atom. The Kier molecular flexibility index (Phi) is 5.89. The lowest BCUT2D eigenvalue weighted by atomic mass is 9.81. The Balaban J connectivity index is 0.00000220. The predicted octanol–water partition coefficient (Wildman–Crippen LogP) is 2.93. The first kappa shape index (κ1) is 18.9. The fourth-order valence-corrected chi connectivity index (χ4v) is 5.05. The number of benzene rings is 1. The average molecular weight is 398 g/mol. The van der Waals surface area contributed by atoms with Crippen molar-refractivity contribution in [2.75, 3.05) is 13.1 Å². The van der Waals surface area contributed by atoms with Gasteiger partial charge in [0.1, 0.15) is 0 Å². The van der Waals surface area contributed by atoms with Crippen molar-refractivity contribution in [1.29, 1.82) is 0 Å². The fourth-order valence-electron chi connectivity index (χ4n) is 2.53. The summed E-state index contributed by atoms with van der Waals surface area (Å²) in [6.07, 6.45) is 0.694. The van der Waals surface area contributed by atoms with E-state index in [1.54, 1.807) is 16.4 Å². The number of piperidine rings is 1. The minimum atomic E-state index is -3.45. The van der Waals surface area contributed by atoms with Crippen LogP contribution in [0.4, 0.5) is 0 Å². The van der Waals surface area contributed by atoms with Gasteiger partial charge in [-0.1, -0.05) is 29.8 Å². The number of sulfonamides is 1. The molecule has 0 bridgehead atoms. The van der Waals surface area contributed by atoms with Crippen LogP contribution in [-0.2, 0) is 10.0 Å². The summed E-state index contributed by atoms with van der Waals surface area (Å²) in [5, 5.41) is 0. The van der Waals surface area contributed by atoms with Crippen molar-refractivity contribution >= 4 is 38.4 Å². The van der Waals surface area contributed by atoms with Crippen molar-refractivity contribution < 1.29 is 8.42 Å². The lowest BCUT2D eigenvalue weighted by Gasteiger charge is -2.41. The molecule has 1 aliphatic rings. The second-order valence-corrected chi connectivity index (χ2v) is 9.04. The van der Waals surface area contributed by atoms with Gasteiger partial charge in [0.15, 0.2) is 0 Å². The van der Waals surface area contributed by atoms with E-state index < -0.39 is 10.0 Å². The molecular weight excluding hydrogens is 376 g/mol. The summed E-state index contributed by atoms with van der Waals surface area (Å²) in [6.45, 7) is 6.87. The molecule has 0 aromatic heterocycles. The summed E-state index contributed by atoms with van der Waals surface area (Å²) in [7, 11) is -3.45. The molecule has 1 aliphatic heterocycles. The van der Waals surface area contributed by atoms with Gasteiger partial charge in [0.2, 0.25) is 10.0 Å². The highest BCUT2D eigenvalue weighted by Gasteiger charge is 2.38. The van der Waals surface area contributed by atoms with E-state index in [0.717, 1.165) is 10.0 Å². The summed E-state index contributed by atoms with van der Waals surface area (Å²) < 4.78 is 27.8. The van der Waals surface area contributed by atoms with Crippen molar-refractivity contribution in [3.05, 3.63) is 28.2 Å². The molecule has 1 heterocycles. The highest BCUT2D eigenvalue weighted by molar-refractivity contribution is 9.10. The maximum atomic E-state index is 12.8. The van der Waals surface area contributed by atoms with Crippen LogP contribution < -0.4 is 5.73 Å². The molecule has 0 radical (unpaired) electrons. The smallest absolute Gasteiger partial charge is 0.243 e. The van der Waals surface area contributed by atoms with E-state index in [2.05, 4.69) is 15.9 Å². The molecule has 1 saturated heterocycles. The van der Waals surface area contributed by atoms with Gasteiger partial charge in [0.25, 0.3) is 0 Å². The molecular formula is C14H22BrClN2O2S. The highest BCUT2D eigenvalue weighted by atomic mass is 79.9. The zero-order valence-corrected chi connectivity index (χ0v) is 15.7. The molecule has 7 heteroatoms. The minimum Gasteiger partial charge on any atom is -0.327 e. The highest BCUT2D eigenvalue weighted by Crippen LogP contribution is 2.32. The minimum absolute atomic E-state index is 0. The van der Waals surface area contributed by atoms with Crippen LogP contribution in [0.3, 0.4) is 0 Å². The average Bonchev–Trinajstić information content (AvgIpc) is 2.31. The molecule has 0 amide bonds. The number of aryl methyl sites for hydroxylation is 1. The van der Waals surface area contributed by atoms with Gasteiger partial charge in [-0.25, -0.2) is 8.42 Å². The molecule has 1 aromatic rings. The third-order valence-electron chi connectivity index (χ3n) is 3.93. The van der Waals surface area contributed by atoms with Crippen LogP contribution in [0.5, 0.6) is 0 Å². The zero-order valence-electron chi connectivity index (χ0n) is 12.5. The maximum Gasteiger partial charge on any atom is 0.243 e. The lowest BCUT2D eigenvalue weighted by molar-refractivity contribution is 0.155. The van der Waals surface area contributed by atoms with Gasteiger partial charge in [0, 0.05) is 23.6 Å². The first-order chi connectivity index (χ1) is 9.13. The van der Waals surface area contributed by atoms with Crippen molar-refractivity contribution in [3.8, 4) is 0 Å². The van der Waals surface area contributed by atoms with Crippen molar-refractivity contribution in [2.45, 2.75) is 38.1 Å². The molecule has 0 saturated carbocycles. The molecule has 1 unspecified atom stereocenters. The molecule has 21 heavy (non-hydrogen) atoms. The van der Waals surface area contributed by atoms with Gasteiger partial charge in [-0.2, -0.15) is 4.31 Å². The van der Waals surface area contributed by atoms with Crippen LogP contribution in [0.15, 0.2) is 27.6 Å². The molecule has 4 nitrogen and oxygen atoms in total. The Hall–Kier alpha value is -0.140. The monoisotopic (exact) mass is 396 g/mol. The van der Waals surface area contributed by atoms with Gasteiger partial charge in [-0.05, 0) is 42.5 Å². The topological polar surface area (TPSA) is 63.4 Å². The van der Waals surface area contributed by atoms with Crippen LogP contribution in [0.2, 0.25) is 0 Å². The van der Waals surface area contributed by atoms with Gasteiger partial charge in [-0.15, -0.1) is 12.4 Å². The fraction of sp³-hybridized carbons (Fsp3) is 0.571. The number of halogens is 2. The number of hydrogen-bond acceptors (Lipinski definition) is 3. The molecule has 120 valence electrons. The third kappa shape index (κ3) is 3.99. The number of nitrogens with two attached hydrogens (primary N) is 1. The number of hydrogen-bond donors (Lipinski definition) is 1. The van der Waals surface area contributed by atoms with E-state index in [-0.39, 0.29) is 23.9 Å². The van der Waals surface area contributed by atoms with E-state index in [1.165, 1.54) is 0 Å². The standard InChI is InChI=1S/C14H21BrN2O2S.ClH/c1-10-6-11(15)8-12(7-10)20(18,19)17-5-4-13(16)14(2,3)9-17;/h6-8,13H,4-5,9,16H2,1-3H3;1H. The van der Waals surface area contributed by atoms with Gasteiger partial charge in [0.05, 0.1) is 4.90 Å². The SMILES string of the molecule is Cc1cc(Br)cc(S(=O)(=O)N2CCC(N)C(C)(C)C2)c1.Cl.